The van der Waals surface area contributed by atoms with Gasteiger partial charge in [-0.1, -0.05) is 6.08 Å². The van der Waals surface area contributed by atoms with Crippen molar-refractivity contribution in [2.75, 3.05) is 6.61 Å². The lowest BCUT2D eigenvalue weighted by atomic mass is 10.3. The van der Waals surface area contributed by atoms with Gasteiger partial charge < -0.3 is 14.5 Å². The van der Waals surface area contributed by atoms with Crippen LogP contribution in [0, 0.1) is 0 Å². The van der Waals surface area contributed by atoms with Crippen LogP contribution in [0.3, 0.4) is 0 Å². The van der Waals surface area contributed by atoms with Crippen LogP contribution < -0.4 is 5.32 Å². The van der Waals surface area contributed by atoms with Crippen LogP contribution in [0.1, 0.15) is 37.2 Å². The van der Waals surface area contributed by atoms with Gasteiger partial charge in [0.2, 0.25) is 0 Å². The number of hydrogen-bond acceptors (Lipinski definition) is 3. The molecule has 0 radical (unpaired) electrons. The first-order chi connectivity index (χ1) is 8.38. The van der Waals surface area contributed by atoms with E-state index < -0.39 is 0 Å². The topological polar surface area (TPSA) is 34.4 Å². The van der Waals surface area contributed by atoms with Gasteiger partial charge in [-0.25, -0.2) is 0 Å². The molecule has 1 N–H and O–H groups in total. The van der Waals surface area contributed by atoms with Crippen molar-refractivity contribution in [3.05, 3.63) is 36.3 Å². The average molecular weight is 235 g/mol. The maximum Gasteiger partial charge on any atom is 0.129 e. The SMILES string of the molecule is C=CCCCOCc1ccc(CNC2CC2)o1. The zero-order valence-corrected chi connectivity index (χ0v) is 10.3. The van der Waals surface area contributed by atoms with Gasteiger partial charge in [-0.15, -0.1) is 6.58 Å². The molecule has 0 unspecified atom stereocenters. The van der Waals surface area contributed by atoms with Crippen LogP contribution in [0.2, 0.25) is 0 Å². The van der Waals surface area contributed by atoms with Gasteiger partial charge in [0.15, 0.2) is 0 Å². The first kappa shape index (κ1) is 12.4. The fourth-order valence-electron chi connectivity index (χ4n) is 1.63. The van der Waals surface area contributed by atoms with E-state index in [1.54, 1.807) is 0 Å². The van der Waals surface area contributed by atoms with Crippen molar-refractivity contribution in [3.8, 4) is 0 Å². The van der Waals surface area contributed by atoms with Crippen molar-refractivity contribution in [1.82, 2.24) is 5.32 Å². The summed E-state index contributed by atoms with van der Waals surface area (Å²) in [4.78, 5) is 0. The minimum absolute atomic E-state index is 0.570. The van der Waals surface area contributed by atoms with Crippen LogP contribution in [0.25, 0.3) is 0 Å². The highest BCUT2D eigenvalue weighted by atomic mass is 16.5. The minimum atomic E-state index is 0.570. The number of rotatable bonds is 9. The van der Waals surface area contributed by atoms with Crippen molar-refractivity contribution in [2.24, 2.45) is 0 Å². The summed E-state index contributed by atoms with van der Waals surface area (Å²) in [5.74, 6) is 1.91. The summed E-state index contributed by atoms with van der Waals surface area (Å²) >= 11 is 0. The van der Waals surface area contributed by atoms with E-state index in [0.717, 1.165) is 43.6 Å². The number of nitrogens with one attached hydrogen (secondary N) is 1. The van der Waals surface area contributed by atoms with E-state index >= 15 is 0 Å². The summed E-state index contributed by atoms with van der Waals surface area (Å²) in [7, 11) is 0. The first-order valence-corrected chi connectivity index (χ1v) is 6.38. The normalized spacial score (nSPS) is 15.1. The molecule has 1 aliphatic carbocycles. The maximum absolute atomic E-state index is 5.66. The highest BCUT2D eigenvalue weighted by Gasteiger charge is 2.20. The standard InChI is InChI=1S/C14H21NO2/c1-2-3-4-9-16-11-14-8-7-13(17-14)10-15-12-5-6-12/h2,7-8,12,15H,1,3-6,9-11H2. The van der Waals surface area contributed by atoms with Crippen LogP contribution in [-0.2, 0) is 17.9 Å². The van der Waals surface area contributed by atoms with E-state index in [1.807, 2.05) is 18.2 Å². The number of unbranched alkanes of at least 4 members (excludes halogenated alkanes) is 1. The molecule has 3 nitrogen and oxygen atoms in total. The Morgan fingerprint density at radius 2 is 2.24 bits per heavy atom. The lowest BCUT2D eigenvalue weighted by molar-refractivity contribution is 0.103. The van der Waals surface area contributed by atoms with Gasteiger partial charge in [-0.05, 0) is 37.8 Å². The van der Waals surface area contributed by atoms with Gasteiger partial charge >= 0.3 is 0 Å². The lowest BCUT2D eigenvalue weighted by Gasteiger charge is -2.01. The van der Waals surface area contributed by atoms with E-state index in [0.29, 0.717) is 6.61 Å². The molecular weight excluding hydrogens is 214 g/mol. The molecule has 1 aliphatic rings. The molecule has 1 aromatic heterocycles. The second-order valence-electron chi connectivity index (χ2n) is 4.51. The zero-order valence-electron chi connectivity index (χ0n) is 10.3. The highest BCUT2D eigenvalue weighted by molar-refractivity contribution is 5.06. The predicted octanol–water partition coefficient (Wildman–Crippen LogP) is 3.01. The Labute approximate surface area is 103 Å². The Hall–Kier alpha value is -1.06. The Morgan fingerprint density at radius 3 is 3.00 bits per heavy atom. The molecule has 1 fully saturated rings. The summed E-state index contributed by atoms with van der Waals surface area (Å²) in [5, 5.41) is 3.42. The van der Waals surface area contributed by atoms with Crippen molar-refractivity contribution < 1.29 is 9.15 Å². The van der Waals surface area contributed by atoms with Crippen LogP contribution in [0.4, 0.5) is 0 Å². The van der Waals surface area contributed by atoms with Gasteiger partial charge in [0.05, 0.1) is 6.54 Å². The molecule has 0 amide bonds. The average Bonchev–Trinajstić information content (AvgIpc) is 3.06. The lowest BCUT2D eigenvalue weighted by Crippen LogP contribution is -2.14. The molecule has 0 saturated heterocycles. The molecule has 1 aromatic rings. The Morgan fingerprint density at radius 1 is 1.41 bits per heavy atom. The fraction of sp³-hybridized carbons (Fsp3) is 0.571. The minimum Gasteiger partial charge on any atom is -0.462 e. The second-order valence-corrected chi connectivity index (χ2v) is 4.51. The second kappa shape index (κ2) is 6.62. The van der Waals surface area contributed by atoms with E-state index in [4.69, 9.17) is 9.15 Å². The summed E-state index contributed by atoms with van der Waals surface area (Å²) in [6, 6.07) is 4.74. The molecule has 17 heavy (non-hydrogen) atoms. The van der Waals surface area contributed by atoms with E-state index in [1.165, 1.54) is 12.8 Å². The number of furan rings is 1. The van der Waals surface area contributed by atoms with E-state index in [2.05, 4.69) is 11.9 Å². The van der Waals surface area contributed by atoms with Crippen molar-refractivity contribution in [3.63, 3.8) is 0 Å². The molecule has 0 bridgehead atoms. The van der Waals surface area contributed by atoms with Gasteiger partial charge in [0.1, 0.15) is 18.1 Å². The predicted molar refractivity (Wildman–Crippen MR) is 67.7 cm³/mol. The Bertz CT molecular complexity index is 342. The summed E-state index contributed by atoms with van der Waals surface area (Å²) in [6.07, 6.45) is 6.56. The molecule has 1 heterocycles. The number of hydrogen-bond donors (Lipinski definition) is 1. The quantitative estimate of drug-likeness (QED) is 0.528. The molecule has 2 rings (SSSR count). The first-order valence-electron chi connectivity index (χ1n) is 6.38. The van der Waals surface area contributed by atoms with Gasteiger partial charge in [0, 0.05) is 12.6 Å². The zero-order chi connectivity index (χ0) is 11.9. The molecule has 0 aliphatic heterocycles. The van der Waals surface area contributed by atoms with Crippen LogP contribution in [0.15, 0.2) is 29.2 Å². The van der Waals surface area contributed by atoms with Crippen LogP contribution in [0.5, 0.6) is 0 Å². The number of allylic oxidation sites excluding steroid dienone is 1. The molecule has 0 aromatic carbocycles. The molecule has 0 spiro atoms. The summed E-state index contributed by atoms with van der Waals surface area (Å²) in [6.45, 7) is 5.85. The third-order valence-corrected chi connectivity index (χ3v) is 2.80. The third kappa shape index (κ3) is 4.75. The third-order valence-electron chi connectivity index (χ3n) is 2.80. The summed E-state index contributed by atoms with van der Waals surface area (Å²) in [5.41, 5.74) is 0. The van der Waals surface area contributed by atoms with Crippen molar-refractivity contribution >= 4 is 0 Å². The molecular formula is C14H21NO2. The summed E-state index contributed by atoms with van der Waals surface area (Å²) < 4.78 is 11.2. The van der Waals surface area contributed by atoms with Crippen molar-refractivity contribution in [2.45, 2.75) is 44.9 Å². The molecule has 0 atom stereocenters. The van der Waals surface area contributed by atoms with E-state index in [-0.39, 0.29) is 0 Å². The fourth-order valence-corrected chi connectivity index (χ4v) is 1.63. The smallest absolute Gasteiger partial charge is 0.129 e. The monoisotopic (exact) mass is 235 g/mol. The van der Waals surface area contributed by atoms with E-state index in [9.17, 15) is 0 Å². The maximum atomic E-state index is 5.66. The Balaban J connectivity index is 1.61. The molecule has 3 heteroatoms. The van der Waals surface area contributed by atoms with Crippen molar-refractivity contribution in [1.29, 1.82) is 0 Å². The van der Waals surface area contributed by atoms with Crippen LogP contribution in [-0.4, -0.2) is 12.6 Å². The van der Waals surface area contributed by atoms with Crippen LogP contribution >= 0.6 is 0 Å². The Kier molecular flexibility index (Phi) is 4.83. The number of ether oxygens (including phenoxy) is 1. The van der Waals surface area contributed by atoms with Gasteiger partial charge in [0.25, 0.3) is 0 Å². The largest absolute Gasteiger partial charge is 0.462 e. The molecule has 1 saturated carbocycles. The van der Waals surface area contributed by atoms with Gasteiger partial charge in [-0.2, -0.15) is 0 Å². The molecule has 94 valence electrons. The van der Waals surface area contributed by atoms with Gasteiger partial charge in [-0.3, -0.25) is 0 Å². The highest BCUT2D eigenvalue weighted by Crippen LogP contribution is 2.19.